The lowest BCUT2D eigenvalue weighted by Gasteiger charge is -2.13. The van der Waals surface area contributed by atoms with Crippen LogP contribution in [0.3, 0.4) is 0 Å². The van der Waals surface area contributed by atoms with Gasteiger partial charge >= 0.3 is 0 Å². The molecule has 0 saturated carbocycles. The number of nitrogens with zero attached hydrogens (tertiary/aromatic N) is 1. The van der Waals surface area contributed by atoms with E-state index in [1.165, 1.54) is 12.1 Å². The fraction of sp³-hybridized carbons (Fsp3) is 0.455. The Labute approximate surface area is 83.3 Å². The maximum absolute atomic E-state index is 12.8. The SMILES string of the molecule is CCN(C)CCc1ccc(F)c(F)c1. The van der Waals surface area contributed by atoms with Crippen LogP contribution in [0, 0.1) is 11.6 Å². The molecule has 78 valence electrons. The topological polar surface area (TPSA) is 3.24 Å². The van der Waals surface area contributed by atoms with Crippen LogP contribution in [0.5, 0.6) is 0 Å². The van der Waals surface area contributed by atoms with Gasteiger partial charge in [-0.15, -0.1) is 0 Å². The maximum Gasteiger partial charge on any atom is 0.159 e. The summed E-state index contributed by atoms with van der Waals surface area (Å²) in [5.41, 5.74) is 0.837. The Morgan fingerprint density at radius 2 is 1.93 bits per heavy atom. The van der Waals surface area contributed by atoms with Crippen molar-refractivity contribution in [2.45, 2.75) is 13.3 Å². The molecule has 0 aromatic heterocycles. The molecule has 0 saturated heterocycles. The van der Waals surface area contributed by atoms with E-state index in [0.29, 0.717) is 0 Å². The number of halogens is 2. The van der Waals surface area contributed by atoms with Crippen molar-refractivity contribution in [2.75, 3.05) is 20.1 Å². The van der Waals surface area contributed by atoms with Crippen LogP contribution in [-0.4, -0.2) is 25.0 Å². The molecule has 1 aromatic carbocycles. The Balaban J connectivity index is 2.55. The van der Waals surface area contributed by atoms with E-state index in [1.54, 1.807) is 6.07 Å². The predicted octanol–water partition coefficient (Wildman–Crippen LogP) is 2.46. The number of benzene rings is 1. The van der Waals surface area contributed by atoms with Gasteiger partial charge in [-0.1, -0.05) is 13.0 Å². The number of likely N-dealkylation sites (N-methyl/N-ethyl adjacent to an activating group) is 1. The van der Waals surface area contributed by atoms with E-state index < -0.39 is 11.6 Å². The molecule has 0 fully saturated rings. The van der Waals surface area contributed by atoms with Crippen molar-refractivity contribution in [3.63, 3.8) is 0 Å². The van der Waals surface area contributed by atoms with E-state index in [4.69, 9.17) is 0 Å². The van der Waals surface area contributed by atoms with Gasteiger partial charge < -0.3 is 4.90 Å². The van der Waals surface area contributed by atoms with Gasteiger partial charge in [0.1, 0.15) is 0 Å². The first-order valence-corrected chi connectivity index (χ1v) is 4.76. The monoisotopic (exact) mass is 199 g/mol. The van der Waals surface area contributed by atoms with Crippen LogP contribution < -0.4 is 0 Å². The van der Waals surface area contributed by atoms with Crippen molar-refractivity contribution in [1.29, 1.82) is 0 Å². The third-order valence-electron chi connectivity index (χ3n) is 2.31. The summed E-state index contributed by atoms with van der Waals surface area (Å²) >= 11 is 0. The maximum atomic E-state index is 12.8. The summed E-state index contributed by atoms with van der Waals surface area (Å²) in [6, 6.07) is 4.07. The minimum absolute atomic E-state index is 0.752. The lowest BCUT2D eigenvalue weighted by Crippen LogP contribution is -2.20. The summed E-state index contributed by atoms with van der Waals surface area (Å²) in [5, 5.41) is 0. The van der Waals surface area contributed by atoms with E-state index in [9.17, 15) is 8.78 Å². The van der Waals surface area contributed by atoms with Crippen LogP contribution in [0.1, 0.15) is 12.5 Å². The molecule has 0 atom stereocenters. The third kappa shape index (κ3) is 3.07. The van der Waals surface area contributed by atoms with Crippen molar-refractivity contribution in [2.24, 2.45) is 0 Å². The van der Waals surface area contributed by atoms with Crippen molar-refractivity contribution >= 4 is 0 Å². The fourth-order valence-electron chi connectivity index (χ4n) is 1.17. The van der Waals surface area contributed by atoms with Gasteiger partial charge in [-0.25, -0.2) is 8.78 Å². The normalized spacial score (nSPS) is 10.9. The van der Waals surface area contributed by atoms with E-state index >= 15 is 0 Å². The standard InChI is InChI=1S/C11H15F2N/c1-3-14(2)7-6-9-4-5-10(12)11(13)8-9/h4-5,8H,3,6-7H2,1-2H3. The second-order valence-corrected chi connectivity index (χ2v) is 3.39. The highest BCUT2D eigenvalue weighted by molar-refractivity contribution is 5.17. The van der Waals surface area contributed by atoms with Gasteiger partial charge in [0.2, 0.25) is 0 Å². The first-order chi connectivity index (χ1) is 6.63. The molecule has 0 aliphatic carbocycles. The van der Waals surface area contributed by atoms with Crippen LogP contribution in [0.25, 0.3) is 0 Å². The highest BCUT2D eigenvalue weighted by Crippen LogP contribution is 2.09. The van der Waals surface area contributed by atoms with Gasteiger partial charge in [0.15, 0.2) is 11.6 Å². The lowest BCUT2D eigenvalue weighted by atomic mass is 10.1. The van der Waals surface area contributed by atoms with Gasteiger partial charge in [-0.2, -0.15) is 0 Å². The van der Waals surface area contributed by atoms with Gasteiger partial charge in [0.05, 0.1) is 0 Å². The molecule has 0 amide bonds. The molecular weight excluding hydrogens is 184 g/mol. The van der Waals surface area contributed by atoms with E-state index in [-0.39, 0.29) is 0 Å². The summed E-state index contributed by atoms with van der Waals surface area (Å²) in [4.78, 5) is 2.13. The van der Waals surface area contributed by atoms with Crippen molar-refractivity contribution in [3.8, 4) is 0 Å². The average Bonchev–Trinajstić information content (AvgIpc) is 2.19. The zero-order chi connectivity index (χ0) is 10.6. The Kier molecular flexibility index (Phi) is 4.01. The Hall–Kier alpha value is -0.960. The molecule has 0 aliphatic heterocycles. The van der Waals surface area contributed by atoms with Gasteiger partial charge in [0, 0.05) is 6.54 Å². The quantitative estimate of drug-likeness (QED) is 0.720. The van der Waals surface area contributed by atoms with Crippen LogP contribution >= 0.6 is 0 Å². The van der Waals surface area contributed by atoms with Crippen LogP contribution in [0.2, 0.25) is 0 Å². The lowest BCUT2D eigenvalue weighted by molar-refractivity contribution is 0.357. The summed E-state index contributed by atoms with van der Waals surface area (Å²) in [6.45, 7) is 3.89. The molecule has 0 unspecified atom stereocenters. The zero-order valence-corrected chi connectivity index (χ0v) is 8.56. The average molecular weight is 199 g/mol. The minimum Gasteiger partial charge on any atom is -0.306 e. The van der Waals surface area contributed by atoms with Crippen LogP contribution in [-0.2, 0) is 6.42 Å². The molecule has 0 spiro atoms. The van der Waals surface area contributed by atoms with E-state index in [0.717, 1.165) is 25.1 Å². The molecule has 0 radical (unpaired) electrons. The molecule has 0 bridgehead atoms. The number of rotatable bonds is 4. The van der Waals surface area contributed by atoms with Gasteiger partial charge in [-0.05, 0) is 37.7 Å². The third-order valence-corrected chi connectivity index (χ3v) is 2.31. The molecular formula is C11H15F2N. The summed E-state index contributed by atoms with van der Waals surface area (Å²) in [5.74, 6) is -1.54. The highest BCUT2D eigenvalue weighted by Gasteiger charge is 2.03. The summed E-state index contributed by atoms with van der Waals surface area (Å²) < 4.78 is 25.4. The molecule has 1 aromatic rings. The first-order valence-electron chi connectivity index (χ1n) is 4.76. The smallest absolute Gasteiger partial charge is 0.159 e. The van der Waals surface area contributed by atoms with Crippen LogP contribution in [0.15, 0.2) is 18.2 Å². The minimum atomic E-state index is -0.780. The molecule has 0 heterocycles. The summed E-state index contributed by atoms with van der Waals surface area (Å²) in [7, 11) is 2.00. The Morgan fingerprint density at radius 3 is 2.50 bits per heavy atom. The first kappa shape index (κ1) is 11.1. The number of hydrogen-bond donors (Lipinski definition) is 0. The molecule has 1 nitrogen and oxygen atoms in total. The second-order valence-electron chi connectivity index (χ2n) is 3.39. The van der Waals surface area contributed by atoms with Gasteiger partial charge in [0.25, 0.3) is 0 Å². The number of hydrogen-bond acceptors (Lipinski definition) is 1. The molecule has 0 aliphatic rings. The predicted molar refractivity (Wildman–Crippen MR) is 53.2 cm³/mol. The highest BCUT2D eigenvalue weighted by atomic mass is 19.2. The Morgan fingerprint density at radius 1 is 1.21 bits per heavy atom. The van der Waals surface area contributed by atoms with Crippen LogP contribution in [0.4, 0.5) is 8.78 Å². The zero-order valence-electron chi connectivity index (χ0n) is 8.56. The molecule has 0 N–H and O–H groups in total. The van der Waals surface area contributed by atoms with Gasteiger partial charge in [-0.3, -0.25) is 0 Å². The van der Waals surface area contributed by atoms with Crippen molar-refractivity contribution in [1.82, 2.24) is 4.90 Å². The molecule has 14 heavy (non-hydrogen) atoms. The van der Waals surface area contributed by atoms with Crippen molar-refractivity contribution in [3.05, 3.63) is 35.4 Å². The molecule has 1 rings (SSSR count). The molecule has 3 heteroatoms. The van der Waals surface area contributed by atoms with E-state index in [1.807, 2.05) is 7.05 Å². The Bertz CT molecular complexity index is 299. The fourth-order valence-corrected chi connectivity index (χ4v) is 1.17. The largest absolute Gasteiger partial charge is 0.306 e. The second kappa shape index (κ2) is 5.05. The van der Waals surface area contributed by atoms with E-state index in [2.05, 4.69) is 11.8 Å². The van der Waals surface area contributed by atoms with Crippen molar-refractivity contribution < 1.29 is 8.78 Å². The summed E-state index contributed by atoms with van der Waals surface area (Å²) in [6.07, 6.45) is 0.752.